The minimum absolute atomic E-state index is 0.0812. The normalized spacial score (nSPS) is 11.4. The number of hydrogen-bond donors (Lipinski definition) is 3. The average molecular weight is 450 g/mol. The molecule has 0 unspecified atom stereocenters. The molecule has 0 saturated heterocycles. The first-order valence-electron chi connectivity index (χ1n) is 10.2. The van der Waals surface area contributed by atoms with Gasteiger partial charge in [-0.15, -0.1) is 0 Å². The maximum Gasteiger partial charge on any atom is 0.303 e. The summed E-state index contributed by atoms with van der Waals surface area (Å²) in [7, 11) is 0. The summed E-state index contributed by atoms with van der Waals surface area (Å²) < 4.78 is 18.9. The van der Waals surface area contributed by atoms with Crippen molar-refractivity contribution < 1.29 is 28.6 Å². The molecule has 1 atom stereocenters. The number of nitrogens with one attached hydrogen (secondary N) is 1. The van der Waals surface area contributed by atoms with E-state index in [-0.39, 0.29) is 25.3 Å². The number of amides is 2. The molecule has 170 valence electrons. The molecule has 4 N–H and O–H groups in total. The standard InChI is InChI=1S/C25H23FN2O5/c26-20-3-1-2-16(14-20)15-33-21-10-8-18(9-11-21)17-4-6-19(7-5-17)25(32)28-22(24(27)31)12-13-23(29)30/h1-11,14,22H,12-13,15H2,(H2,27,31)(H,28,32)(H,29,30)/t22-/m0/s1. The lowest BCUT2D eigenvalue weighted by molar-refractivity contribution is -0.137. The maximum atomic E-state index is 13.3. The van der Waals surface area contributed by atoms with Gasteiger partial charge in [0.05, 0.1) is 0 Å². The van der Waals surface area contributed by atoms with Crippen molar-refractivity contribution in [3.05, 3.63) is 89.7 Å². The van der Waals surface area contributed by atoms with E-state index in [0.29, 0.717) is 11.3 Å². The third kappa shape index (κ3) is 6.90. The molecule has 0 aromatic heterocycles. The van der Waals surface area contributed by atoms with Crippen molar-refractivity contribution in [2.24, 2.45) is 5.73 Å². The molecule has 2 amide bonds. The number of carboxylic acids is 1. The topological polar surface area (TPSA) is 119 Å². The Balaban J connectivity index is 1.60. The van der Waals surface area contributed by atoms with Crippen LogP contribution in [0.5, 0.6) is 5.75 Å². The third-order valence-corrected chi connectivity index (χ3v) is 4.92. The molecule has 0 aliphatic heterocycles. The van der Waals surface area contributed by atoms with Gasteiger partial charge in [-0.25, -0.2) is 4.39 Å². The van der Waals surface area contributed by atoms with Crippen LogP contribution in [0.3, 0.4) is 0 Å². The number of halogens is 1. The minimum atomic E-state index is -1.08. The van der Waals surface area contributed by atoms with Crippen molar-refractivity contribution in [3.8, 4) is 16.9 Å². The van der Waals surface area contributed by atoms with E-state index in [1.54, 1.807) is 48.5 Å². The molecular weight excluding hydrogens is 427 g/mol. The van der Waals surface area contributed by atoms with Crippen LogP contribution in [-0.4, -0.2) is 28.9 Å². The van der Waals surface area contributed by atoms with Crippen molar-refractivity contribution in [1.29, 1.82) is 0 Å². The van der Waals surface area contributed by atoms with Gasteiger partial charge in [-0.3, -0.25) is 14.4 Å². The zero-order valence-electron chi connectivity index (χ0n) is 17.7. The van der Waals surface area contributed by atoms with Crippen LogP contribution in [-0.2, 0) is 16.2 Å². The van der Waals surface area contributed by atoms with E-state index < -0.39 is 23.8 Å². The summed E-state index contributed by atoms with van der Waals surface area (Å²) in [6.07, 6.45) is -0.364. The second-order valence-electron chi connectivity index (χ2n) is 7.38. The highest BCUT2D eigenvalue weighted by Gasteiger charge is 2.20. The minimum Gasteiger partial charge on any atom is -0.489 e. The highest BCUT2D eigenvalue weighted by atomic mass is 19.1. The number of carbonyl (C=O) groups is 3. The van der Waals surface area contributed by atoms with Crippen molar-refractivity contribution in [1.82, 2.24) is 5.32 Å². The Morgan fingerprint density at radius 3 is 2.18 bits per heavy atom. The van der Waals surface area contributed by atoms with Gasteiger partial charge in [-0.1, -0.05) is 36.4 Å². The Labute approximate surface area is 190 Å². The fourth-order valence-corrected chi connectivity index (χ4v) is 3.15. The number of nitrogens with two attached hydrogens (primary N) is 1. The summed E-state index contributed by atoms with van der Waals surface area (Å²) >= 11 is 0. The maximum absolute atomic E-state index is 13.3. The van der Waals surface area contributed by atoms with Gasteiger partial charge in [0.1, 0.15) is 24.2 Å². The fourth-order valence-electron chi connectivity index (χ4n) is 3.15. The van der Waals surface area contributed by atoms with Crippen LogP contribution in [0.4, 0.5) is 4.39 Å². The van der Waals surface area contributed by atoms with Crippen LogP contribution in [0, 0.1) is 5.82 Å². The molecular formula is C25H23FN2O5. The van der Waals surface area contributed by atoms with E-state index >= 15 is 0 Å². The van der Waals surface area contributed by atoms with Gasteiger partial charge < -0.3 is 20.9 Å². The van der Waals surface area contributed by atoms with E-state index in [1.165, 1.54) is 12.1 Å². The zero-order chi connectivity index (χ0) is 23.8. The summed E-state index contributed by atoms with van der Waals surface area (Å²) in [5.41, 5.74) is 8.06. The van der Waals surface area contributed by atoms with E-state index in [4.69, 9.17) is 15.6 Å². The van der Waals surface area contributed by atoms with Crippen molar-refractivity contribution in [3.63, 3.8) is 0 Å². The fraction of sp³-hybridized carbons (Fsp3) is 0.160. The van der Waals surface area contributed by atoms with E-state index in [0.717, 1.165) is 16.7 Å². The lowest BCUT2D eigenvalue weighted by Crippen LogP contribution is -2.44. The van der Waals surface area contributed by atoms with E-state index in [2.05, 4.69) is 5.32 Å². The van der Waals surface area contributed by atoms with Crippen molar-refractivity contribution >= 4 is 17.8 Å². The molecule has 8 heteroatoms. The molecule has 0 radical (unpaired) electrons. The predicted molar refractivity (Wildman–Crippen MR) is 120 cm³/mol. The van der Waals surface area contributed by atoms with Crippen molar-refractivity contribution in [2.45, 2.75) is 25.5 Å². The highest BCUT2D eigenvalue weighted by Crippen LogP contribution is 2.23. The molecule has 3 aromatic carbocycles. The van der Waals surface area contributed by atoms with Crippen LogP contribution in [0.25, 0.3) is 11.1 Å². The number of hydrogen-bond acceptors (Lipinski definition) is 4. The number of benzene rings is 3. The summed E-state index contributed by atoms with van der Waals surface area (Å²) in [6.45, 7) is 0.250. The molecule has 3 aromatic rings. The molecule has 0 fully saturated rings. The zero-order valence-corrected chi connectivity index (χ0v) is 17.7. The smallest absolute Gasteiger partial charge is 0.303 e. The first-order chi connectivity index (χ1) is 15.8. The molecule has 0 spiro atoms. The summed E-state index contributed by atoms with van der Waals surface area (Å²) in [5, 5.41) is 11.2. The quantitative estimate of drug-likeness (QED) is 0.437. The number of aliphatic carboxylic acids is 1. The second-order valence-corrected chi connectivity index (χ2v) is 7.38. The Hall–Kier alpha value is -4.20. The molecule has 3 rings (SSSR count). The summed E-state index contributed by atoms with van der Waals surface area (Å²) in [5.74, 6) is -2.06. The van der Waals surface area contributed by atoms with Crippen LogP contribution < -0.4 is 15.8 Å². The summed E-state index contributed by atoms with van der Waals surface area (Å²) in [4.78, 5) is 34.6. The highest BCUT2D eigenvalue weighted by molar-refractivity contribution is 5.97. The van der Waals surface area contributed by atoms with Crippen LogP contribution in [0.1, 0.15) is 28.8 Å². The number of carboxylic acid groups (broad SMARTS) is 1. The third-order valence-electron chi connectivity index (χ3n) is 4.92. The first-order valence-corrected chi connectivity index (χ1v) is 10.2. The Kier molecular flexibility index (Phi) is 7.75. The van der Waals surface area contributed by atoms with Gasteiger partial charge in [0.2, 0.25) is 5.91 Å². The van der Waals surface area contributed by atoms with Gasteiger partial charge >= 0.3 is 5.97 Å². The van der Waals surface area contributed by atoms with Crippen LogP contribution >= 0.6 is 0 Å². The number of carbonyl (C=O) groups excluding carboxylic acids is 2. The second kappa shape index (κ2) is 10.9. The summed E-state index contributed by atoms with van der Waals surface area (Å²) in [6, 6.07) is 19.2. The van der Waals surface area contributed by atoms with Gasteiger partial charge in [-0.05, 0) is 59.5 Å². The molecule has 0 aliphatic rings. The van der Waals surface area contributed by atoms with Crippen LogP contribution in [0.2, 0.25) is 0 Å². The van der Waals surface area contributed by atoms with E-state index in [1.807, 2.05) is 12.1 Å². The predicted octanol–water partition coefficient (Wildman–Crippen LogP) is 3.52. The SMILES string of the molecule is NC(=O)[C@H](CCC(=O)O)NC(=O)c1ccc(-c2ccc(OCc3cccc(F)c3)cc2)cc1. The molecule has 7 nitrogen and oxygen atoms in total. The Morgan fingerprint density at radius 2 is 1.61 bits per heavy atom. The molecule has 0 aliphatic carbocycles. The van der Waals surface area contributed by atoms with Gasteiger partial charge in [0, 0.05) is 12.0 Å². The average Bonchev–Trinajstić information content (AvgIpc) is 2.80. The van der Waals surface area contributed by atoms with Gasteiger partial charge in [0.15, 0.2) is 0 Å². The van der Waals surface area contributed by atoms with E-state index in [9.17, 15) is 18.8 Å². The lowest BCUT2D eigenvalue weighted by Gasteiger charge is -2.14. The van der Waals surface area contributed by atoms with Gasteiger partial charge in [0.25, 0.3) is 5.91 Å². The molecule has 0 heterocycles. The van der Waals surface area contributed by atoms with Gasteiger partial charge in [-0.2, -0.15) is 0 Å². The Bertz CT molecular complexity index is 1130. The van der Waals surface area contributed by atoms with Crippen LogP contribution in [0.15, 0.2) is 72.8 Å². The first kappa shape index (κ1) is 23.5. The number of primary amides is 1. The van der Waals surface area contributed by atoms with Crippen molar-refractivity contribution in [2.75, 3.05) is 0 Å². The monoisotopic (exact) mass is 450 g/mol. The molecule has 33 heavy (non-hydrogen) atoms. The largest absolute Gasteiger partial charge is 0.489 e. The number of ether oxygens (including phenoxy) is 1. The Morgan fingerprint density at radius 1 is 0.970 bits per heavy atom. The molecule has 0 bridgehead atoms. The molecule has 0 saturated carbocycles. The lowest BCUT2D eigenvalue weighted by atomic mass is 10.0. The number of rotatable bonds is 10.